The minimum Gasteiger partial charge on any atom is -0.493 e. The molecular weight excluding hydrogens is 290 g/mol. The SMILES string of the molecule is COc1cc(/C=N\Nc2nnc(C)c(=O)[nH]2)cc2c1OCO2. The van der Waals surface area contributed by atoms with Crippen molar-refractivity contribution in [3.63, 3.8) is 0 Å². The summed E-state index contributed by atoms with van der Waals surface area (Å²) in [5.41, 5.74) is 3.29. The normalized spacial score (nSPS) is 12.6. The molecule has 0 spiro atoms. The molecule has 114 valence electrons. The molecule has 1 aliphatic heterocycles. The van der Waals surface area contributed by atoms with Crippen LogP contribution < -0.4 is 25.2 Å². The number of hydrogen-bond acceptors (Lipinski definition) is 8. The first-order valence-electron chi connectivity index (χ1n) is 6.37. The molecule has 0 bridgehead atoms. The summed E-state index contributed by atoms with van der Waals surface area (Å²) in [5, 5.41) is 11.4. The third kappa shape index (κ3) is 2.68. The number of nitrogens with one attached hydrogen (secondary N) is 2. The van der Waals surface area contributed by atoms with E-state index in [0.717, 1.165) is 5.56 Å². The van der Waals surface area contributed by atoms with E-state index in [-0.39, 0.29) is 24.0 Å². The zero-order chi connectivity index (χ0) is 15.5. The van der Waals surface area contributed by atoms with Gasteiger partial charge in [-0.3, -0.25) is 9.78 Å². The van der Waals surface area contributed by atoms with E-state index in [2.05, 4.69) is 25.7 Å². The largest absolute Gasteiger partial charge is 0.493 e. The lowest BCUT2D eigenvalue weighted by molar-refractivity contribution is 0.171. The van der Waals surface area contributed by atoms with E-state index in [4.69, 9.17) is 14.2 Å². The zero-order valence-electron chi connectivity index (χ0n) is 11.9. The van der Waals surface area contributed by atoms with Crippen molar-refractivity contribution in [2.75, 3.05) is 19.3 Å². The minimum absolute atomic E-state index is 0.152. The van der Waals surface area contributed by atoms with Crippen molar-refractivity contribution in [3.8, 4) is 17.2 Å². The van der Waals surface area contributed by atoms with Crippen molar-refractivity contribution in [1.82, 2.24) is 15.2 Å². The van der Waals surface area contributed by atoms with Crippen LogP contribution in [0.5, 0.6) is 17.2 Å². The van der Waals surface area contributed by atoms with Crippen molar-refractivity contribution in [3.05, 3.63) is 33.7 Å². The quantitative estimate of drug-likeness (QED) is 0.630. The zero-order valence-corrected chi connectivity index (χ0v) is 11.9. The minimum atomic E-state index is -0.322. The fourth-order valence-electron chi connectivity index (χ4n) is 1.84. The number of rotatable bonds is 4. The lowest BCUT2D eigenvalue weighted by Crippen LogP contribution is -2.15. The fraction of sp³-hybridized carbons (Fsp3) is 0.231. The van der Waals surface area contributed by atoms with Crippen LogP contribution in [-0.2, 0) is 0 Å². The van der Waals surface area contributed by atoms with Gasteiger partial charge in [0, 0.05) is 5.56 Å². The number of ether oxygens (including phenoxy) is 3. The van der Waals surface area contributed by atoms with Gasteiger partial charge in [0.15, 0.2) is 11.5 Å². The smallest absolute Gasteiger partial charge is 0.274 e. The van der Waals surface area contributed by atoms with Crippen LogP contribution in [0, 0.1) is 6.92 Å². The number of benzene rings is 1. The Bertz CT molecular complexity index is 786. The number of anilines is 1. The lowest BCUT2D eigenvalue weighted by Gasteiger charge is -2.05. The molecule has 1 aromatic heterocycles. The van der Waals surface area contributed by atoms with Crippen LogP contribution in [-0.4, -0.2) is 35.3 Å². The average molecular weight is 303 g/mol. The van der Waals surface area contributed by atoms with Gasteiger partial charge in [0.1, 0.15) is 5.69 Å². The van der Waals surface area contributed by atoms with Gasteiger partial charge in [0.2, 0.25) is 18.5 Å². The summed E-state index contributed by atoms with van der Waals surface area (Å²) in [6.07, 6.45) is 1.53. The van der Waals surface area contributed by atoms with Crippen LogP contribution in [0.3, 0.4) is 0 Å². The van der Waals surface area contributed by atoms with Gasteiger partial charge in [-0.15, -0.1) is 10.2 Å². The average Bonchev–Trinajstić information content (AvgIpc) is 2.98. The second-order valence-corrected chi connectivity index (χ2v) is 4.42. The second-order valence-electron chi connectivity index (χ2n) is 4.42. The number of fused-ring (bicyclic) bond motifs is 1. The van der Waals surface area contributed by atoms with Crippen molar-refractivity contribution >= 4 is 12.2 Å². The van der Waals surface area contributed by atoms with Crippen LogP contribution in [0.2, 0.25) is 0 Å². The van der Waals surface area contributed by atoms with E-state index in [1.54, 1.807) is 26.2 Å². The van der Waals surface area contributed by atoms with E-state index in [1.165, 1.54) is 6.21 Å². The fourth-order valence-corrected chi connectivity index (χ4v) is 1.84. The van der Waals surface area contributed by atoms with Crippen molar-refractivity contribution in [1.29, 1.82) is 0 Å². The molecule has 2 N–H and O–H groups in total. The van der Waals surface area contributed by atoms with Gasteiger partial charge < -0.3 is 14.2 Å². The number of hydrazone groups is 1. The molecule has 22 heavy (non-hydrogen) atoms. The standard InChI is InChI=1S/C13H13N5O4/c1-7-12(19)15-13(18-16-7)17-14-5-8-3-9(20-2)11-10(4-8)21-6-22-11/h3-5H,6H2,1-2H3,(H2,15,17,18,19)/b14-5-. The Morgan fingerprint density at radius 3 is 3.05 bits per heavy atom. The Kier molecular flexibility index (Phi) is 3.60. The van der Waals surface area contributed by atoms with Crippen molar-refractivity contribution in [2.45, 2.75) is 6.92 Å². The Hall–Kier alpha value is -3.10. The molecule has 1 aromatic carbocycles. The van der Waals surface area contributed by atoms with Crippen LogP contribution in [0.25, 0.3) is 0 Å². The molecule has 9 nitrogen and oxygen atoms in total. The van der Waals surface area contributed by atoms with E-state index < -0.39 is 0 Å². The number of nitrogens with zero attached hydrogens (tertiary/aromatic N) is 3. The Morgan fingerprint density at radius 2 is 2.27 bits per heavy atom. The summed E-state index contributed by atoms with van der Waals surface area (Å²) in [7, 11) is 1.54. The Morgan fingerprint density at radius 1 is 1.41 bits per heavy atom. The predicted octanol–water partition coefficient (Wildman–Crippen LogP) is 0.657. The van der Waals surface area contributed by atoms with Gasteiger partial charge in [0.05, 0.1) is 13.3 Å². The van der Waals surface area contributed by atoms with Gasteiger partial charge in [0.25, 0.3) is 5.56 Å². The highest BCUT2D eigenvalue weighted by molar-refractivity contribution is 5.83. The molecule has 0 atom stereocenters. The number of methoxy groups -OCH3 is 1. The third-order valence-corrected chi connectivity index (χ3v) is 2.93. The van der Waals surface area contributed by atoms with Gasteiger partial charge in [-0.2, -0.15) is 5.10 Å². The monoisotopic (exact) mass is 303 g/mol. The molecule has 2 aromatic rings. The highest BCUT2D eigenvalue weighted by atomic mass is 16.7. The number of aromatic amines is 1. The van der Waals surface area contributed by atoms with Crippen LogP contribution in [0.4, 0.5) is 5.95 Å². The molecule has 9 heteroatoms. The second kappa shape index (κ2) is 5.72. The third-order valence-electron chi connectivity index (χ3n) is 2.93. The first-order chi connectivity index (χ1) is 10.7. The Labute approximate surface area is 124 Å². The molecule has 3 rings (SSSR count). The molecule has 1 aliphatic rings. The maximum atomic E-state index is 11.4. The van der Waals surface area contributed by atoms with Crippen molar-refractivity contribution in [2.24, 2.45) is 5.10 Å². The summed E-state index contributed by atoms with van der Waals surface area (Å²) in [4.78, 5) is 13.9. The molecule has 0 amide bonds. The summed E-state index contributed by atoms with van der Waals surface area (Å²) in [6.45, 7) is 1.72. The Balaban J connectivity index is 1.78. The first kappa shape index (κ1) is 13.9. The summed E-state index contributed by atoms with van der Waals surface area (Å²) >= 11 is 0. The van der Waals surface area contributed by atoms with E-state index in [0.29, 0.717) is 17.2 Å². The maximum Gasteiger partial charge on any atom is 0.274 e. The summed E-state index contributed by atoms with van der Waals surface area (Å²) < 4.78 is 15.9. The molecule has 2 heterocycles. The van der Waals surface area contributed by atoms with Gasteiger partial charge in [-0.1, -0.05) is 0 Å². The van der Waals surface area contributed by atoms with Crippen LogP contribution in [0.1, 0.15) is 11.3 Å². The number of hydrogen-bond donors (Lipinski definition) is 2. The predicted molar refractivity (Wildman–Crippen MR) is 77.7 cm³/mol. The molecule has 0 fully saturated rings. The topological polar surface area (TPSA) is 111 Å². The molecule has 0 saturated heterocycles. The number of aromatic nitrogens is 3. The molecule has 0 unspecified atom stereocenters. The van der Waals surface area contributed by atoms with Gasteiger partial charge in [-0.05, 0) is 19.1 Å². The highest BCUT2D eigenvalue weighted by Gasteiger charge is 2.19. The summed E-state index contributed by atoms with van der Waals surface area (Å²) in [5.74, 6) is 1.87. The van der Waals surface area contributed by atoms with E-state index >= 15 is 0 Å². The molecule has 0 saturated carbocycles. The van der Waals surface area contributed by atoms with Gasteiger partial charge >= 0.3 is 0 Å². The molecular formula is C13H13N5O4. The number of H-pyrrole nitrogens is 1. The van der Waals surface area contributed by atoms with E-state index in [9.17, 15) is 4.79 Å². The van der Waals surface area contributed by atoms with Crippen molar-refractivity contribution < 1.29 is 14.2 Å². The van der Waals surface area contributed by atoms with Crippen LogP contribution in [0.15, 0.2) is 22.0 Å². The van der Waals surface area contributed by atoms with E-state index in [1.807, 2.05) is 0 Å². The number of aryl methyl sites for hydroxylation is 1. The lowest BCUT2D eigenvalue weighted by atomic mass is 10.2. The van der Waals surface area contributed by atoms with Gasteiger partial charge in [-0.25, -0.2) is 5.43 Å². The first-order valence-corrected chi connectivity index (χ1v) is 6.37. The molecule has 0 radical (unpaired) electrons. The maximum absolute atomic E-state index is 11.4. The highest BCUT2D eigenvalue weighted by Crippen LogP contribution is 2.41. The van der Waals surface area contributed by atoms with Crippen LogP contribution >= 0.6 is 0 Å². The molecule has 0 aliphatic carbocycles. The summed E-state index contributed by atoms with van der Waals surface area (Å²) in [6, 6.07) is 3.52.